The van der Waals surface area contributed by atoms with Gasteiger partial charge in [0, 0.05) is 57.9 Å². The fourth-order valence-corrected chi connectivity index (χ4v) is 2.79. The number of amides is 1. The molecule has 2 saturated heterocycles. The zero-order chi connectivity index (χ0) is 13.0. The lowest BCUT2D eigenvalue weighted by Gasteiger charge is -2.40. The Morgan fingerprint density at radius 3 is 2.44 bits per heavy atom. The summed E-state index contributed by atoms with van der Waals surface area (Å²) in [6.07, 6.45) is 2.73. The molecule has 1 unspecified atom stereocenters. The summed E-state index contributed by atoms with van der Waals surface area (Å²) in [6.45, 7) is 7.34. The zero-order valence-electron chi connectivity index (χ0n) is 11.3. The third-order valence-electron chi connectivity index (χ3n) is 3.87. The summed E-state index contributed by atoms with van der Waals surface area (Å²) in [5.41, 5.74) is 5.67. The van der Waals surface area contributed by atoms with Crippen LogP contribution in [-0.4, -0.2) is 67.2 Å². The van der Waals surface area contributed by atoms with E-state index in [1.165, 1.54) is 0 Å². The van der Waals surface area contributed by atoms with Crippen molar-refractivity contribution in [1.82, 2.24) is 9.80 Å². The molecule has 2 fully saturated rings. The van der Waals surface area contributed by atoms with Gasteiger partial charge in [0.15, 0.2) is 0 Å². The fraction of sp³-hybridized carbons (Fsp3) is 0.923. The normalized spacial score (nSPS) is 25.1. The Morgan fingerprint density at radius 1 is 1.28 bits per heavy atom. The Balaban J connectivity index is 1.75. The van der Waals surface area contributed by atoms with Gasteiger partial charge in [-0.15, -0.1) is 0 Å². The molecule has 0 bridgehead atoms. The van der Waals surface area contributed by atoms with Crippen molar-refractivity contribution < 1.29 is 9.53 Å². The molecule has 0 aromatic rings. The number of hydrogen-bond donors (Lipinski definition) is 1. The quantitative estimate of drug-likeness (QED) is 0.774. The van der Waals surface area contributed by atoms with Gasteiger partial charge in [-0.25, -0.2) is 0 Å². The van der Waals surface area contributed by atoms with Gasteiger partial charge in [-0.3, -0.25) is 9.69 Å². The summed E-state index contributed by atoms with van der Waals surface area (Å²) in [7, 11) is 0. The van der Waals surface area contributed by atoms with Crippen LogP contribution in [0.1, 0.15) is 26.2 Å². The van der Waals surface area contributed by atoms with E-state index in [-0.39, 0.29) is 11.9 Å². The molecule has 2 N–H and O–H groups in total. The van der Waals surface area contributed by atoms with Crippen molar-refractivity contribution in [1.29, 1.82) is 0 Å². The number of carbonyl (C=O) groups excluding carboxylic acids is 1. The number of ether oxygens (including phenoxy) is 1. The Morgan fingerprint density at radius 2 is 1.89 bits per heavy atom. The van der Waals surface area contributed by atoms with Gasteiger partial charge in [-0.1, -0.05) is 0 Å². The molecule has 2 aliphatic rings. The smallest absolute Gasteiger partial charge is 0.224 e. The van der Waals surface area contributed by atoms with Gasteiger partial charge < -0.3 is 15.4 Å². The lowest BCUT2D eigenvalue weighted by atomic mass is 10.1. The van der Waals surface area contributed by atoms with Crippen LogP contribution in [0.5, 0.6) is 0 Å². The van der Waals surface area contributed by atoms with Gasteiger partial charge in [-0.05, 0) is 19.8 Å². The molecule has 5 heteroatoms. The lowest BCUT2D eigenvalue weighted by Crippen LogP contribution is -2.53. The minimum absolute atomic E-state index is 0.0361. The number of rotatable bonds is 3. The summed E-state index contributed by atoms with van der Waals surface area (Å²) in [5, 5.41) is 0. The van der Waals surface area contributed by atoms with Crippen LogP contribution < -0.4 is 5.73 Å². The summed E-state index contributed by atoms with van der Waals surface area (Å²) in [5.74, 6) is 0.205. The monoisotopic (exact) mass is 255 g/mol. The van der Waals surface area contributed by atoms with Crippen LogP contribution in [0.2, 0.25) is 0 Å². The van der Waals surface area contributed by atoms with Gasteiger partial charge in [0.2, 0.25) is 5.91 Å². The van der Waals surface area contributed by atoms with Gasteiger partial charge >= 0.3 is 0 Å². The van der Waals surface area contributed by atoms with Gasteiger partial charge in [0.1, 0.15) is 0 Å². The van der Waals surface area contributed by atoms with Gasteiger partial charge in [-0.2, -0.15) is 0 Å². The second-order valence-electron chi connectivity index (χ2n) is 5.44. The Bertz CT molecular complexity index is 269. The zero-order valence-corrected chi connectivity index (χ0v) is 11.3. The number of nitrogens with two attached hydrogens (primary N) is 1. The van der Waals surface area contributed by atoms with Gasteiger partial charge in [0.25, 0.3) is 0 Å². The molecule has 0 aliphatic carbocycles. The molecule has 1 atom stereocenters. The van der Waals surface area contributed by atoms with Crippen LogP contribution in [-0.2, 0) is 9.53 Å². The van der Waals surface area contributed by atoms with E-state index in [9.17, 15) is 4.79 Å². The standard InChI is InChI=1S/C13H25N3O2/c1-11(14)10-13(17)16-6-4-15(5-7-16)12-2-8-18-9-3-12/h11-12H,2-10,14H2,1H3. The van der Waals surface area contributed by atoms with E-state index < -0.39 is 0 Å². The average Bonchev–Trinajstić information content (AvgIpc) is 2.39. The molecule has 5 nitrogen and oxygen atoms in total. The molecular formula is C13H25N3O2. The molecule has 0 aromatic heterocycles. The Kier molecular flexibility index (Phi) is 4.97. The van der Waals surface area contributed by atoms with Crippen molar-refractivity contribution >= 4 is 5.91 Å². The lowest BCUT2D eigenvalue weighted by molar-refractivity contribution is -0.133. The van der Waals surface area contributed by atoms with Crippen LogP contribution in [0.15, 0.2) is 0 Å². The Hall–Kier alpha value is -0.650. The highest BCUT2D eigenvalue weighted by atomic mass is 16.5. The van der Waals surface area contributed by atoms with E-state index in [2.05, 4.69) is 4.90 Å². The van der Waals surface area contributed by atoms with Crippen molar-refractivity contribution in [2.24, 2.45) is 5.73 Å². The first-order chi connectivity index (χ1) is 8.66. The van der Waals surface area contributed by atoms with Crippen LogP contribution >= 0.6 is 0 Å². The number of piperazine rings is 1. The average molecular weight is 255 g/mol. The molecule has 2 heterocycles. The van der Waals surface area contributed by atoms with E-state index in [4.69, 9.17) is 10.5 Å². The summed E-state index contributed by atoms with van der Waals surface area (Å²) >= 11 is 0. The second-order valence-corrected chi connectivity index (χ2v) is 5.44. The number of carbonyl (C=O) groups is 1. The molecule has 2 aliphatic heterocycles. The topological polar surface area (TPSA) is 58.8 Å². The van der Waals surface area contributed by atoms with E-state index >= 15 is 0 Å². The maximum absolute atomic E-state index is 11.9. The second kappa shape index (κ2) is 6.50. The SMILES string of the molecule is CC(N)CC(=O)N1CCN(C2CCOCC2)CC1. The van der Waals surface area contributed by atoms with E-state index in [1.54, 1.807) is 0 Å². The largest absolute Gasteiger partial charge is 0.381 e. The number of nitrogens with zero attached hydrogens (tertiary/aromatic N) is 2. The molecule has 0 spiro atoms. The van der Waals surface area contributed by atoms with E-state index in [0.29, 0.717) is 12.5 Å². The van der Waals surface area contributed by atoms with E-state index in [1.807, 2.05) is 11.8 Å². The van der Waals surface area contributed by atoms with Crippen LogP contribution in [0, 0.1) is 0 Å². The summed E-state index contributed by atoms with van der Waals surface area (Å²) in [4.78, 5) is 16.4. The van der Waals surface area contributed by atoms with Crippen molar-refractivity contribution in [3.63, 3.8) is 0 Å². The van der Waals surface area contributed by atoms with Gasteiger partial charge in [0.05, 0.1) is 0 Å². The highest BCUT2D eigenvalue weighted by Gasteiger charge is 2.27. The van der Waals surface area contributed by atoms with Crippen molar-refractivity contribution in [2.75, 3.05) is 39.4 Å². The maximum Gasteiger partial charge on any atom is 0.224 e. The first kappa shape index (κ1) is 13.8. The summed E-state index contributed by atoms with van der Waals surface area (Å²) < 4.78 is 5.39. The molecule has 2 rings (SSSR count). The maximum atomic E-state index is 11.9. The predicted molar refractivity (Wildman–Crippen MR) is 70.3 cm³/mol. The molecule has 1 amide bonds. The van der Waals surface area contributed by atoms with Crippen molar-refractivity contribution in [3.8, 4) is 0 Å². The highest BCUT2D eigenvalue weighted by Crippen LogP contribution is 2.16. The Labute approximate surface area is 109 Å². The number of hydrogen-bond acceptors (Lipinski definition) is 4. The highest BCUT2D eigenvalue weighted by molar-refractivity contribution is 5.76. The molecular weight excluding hydrogens is 230 g/mol. The fourth-order valence-electron chi connectivity index (χ4n) is 2.79. The summed E-state index contributed by atoms with van der Waals surface area (Å²) in [6, 6.07) is 0.621. The molecule has 0 radical (unpaired) electrons. The third-order valence-corrected chi connectivity index (χ3v) is 3.87. The van der Waals surface area contributed by atoms with Crippen LogP contribution in [0.4, 0.5) is 0 Å². The minimum atomic E-state index is -0.0361. The van der Waals surface area contributed by atoms with Crippen LogP contribution in [0.3, 0.4) is 0 Å². The molecule has 0 aromatic carbocycles. The van der Waals surface area contributed by atoms with Crippen molar-refractivity contribution in [3.05, 3.63) is 0 Å². The molecule has 18 heavy (non-hydrogen) atoms. The van der Waals surface area contributed by atoms with Crippen LogP contribution in [0.25, 0.3) is 0 Å². The van der Waals surface area contributed by atoms with Crippen molar-refractivity contribution in [2.45, 2.75) is 38.3 Å². The first-order valence-corrected chi connectivity index (χ1v) is 7.02. The minimum Gasteiger partial charge on any atom is -0.381 e. The first-order valence-electron chi connectivity index (χ1n) is 7.02. The third kappa shape index (κ3) is 3.67. The molecule has 0 saturated carbocycles. The predicted octanol–water partition coefficient (Wildman–Crippen LogP) is 0.0469. The van der Waals surface area contributed by atoms with E-state index in [0.717, 1.165) is 52.2 Å². The molecule has 104 valence electrons.